The monoisotopic (exact) mass is 613 g/mol. The van der Waals surface area contributed by atoms with Crippen LogP contribution in [0.3, 0.4) is 0 Å². The summed E-state index contributed by atoms with van der Waals surface area (Å²) >= 11 is 6.95. The minimum atomic E-state index is -5.08. The highest BCUT2D eigenvalue weighted by Crippen LogP contribution is 2.39. The summed E-state index contributed by atoms with van der Waals surface area (Å²) in [5.41, 5.74) is 1.48. The number of benzene rings is 1. The van der Waals surface area contributed by atoms with Crippen LogP contribution < -0.4 is 10.6 Å². The number of carboxylic acids is 1. The smallest absolute Gasteiger partial charge is 0.475 e. The molecule has 42 heavy (non-hydrogen) atoms. The lowest BCUT2D eigenvalue weighted by Crippen LogP contribution is -2.63. The molecule has 0 radical (unpaired) electrons. The van der Waals surface area contributed by atoms with E-state index in [1.54, 1.807) is 4.90 Å². The van der Waals surface area contributed by atoms with Gasteiger partial charge in [-0.3, -0.25) is 15.1 Å². The number of aliphatic carboxylic acids is 1. The van der Waals surface area contributed by atoms with Crippen LogP contribution in [-0.2, 0) is 19.9 Å². The average molecular weight is 614 g/mol. The molecule has 1 amide bonds. The zero-order chi connectivity index (χ0) is 30.7. The Bertz CT molecular complexity index is 1280. The van der Waals surface area contributed by atoms with Crippen LogP contribution >= 0.6 is 11.6 Å². The minimum absolute atomic E-state index is 0.0215. The Kier molecular flexibility index (Phi) is 9.78. The van der Waals surface area contributed by atoms with E-state index in [1.807, 2.05) is 42.9 Å². The molecule has 2 aromatic rings. The van der Waals surface area contributed by atoms with E-state index in [-0.39, 0.29) is 30.4 Å². The maximum absolute atomic E-state index is 13.3. The summed E-state index contributed by atoms with van der Waals surface area (Å²) in [5.74, 6) is -2.70. The van der Waals surface area contributed by atoms with E-state index in [1.165, 1.54) is 0 Å². The molecule has 3 fully saturated rings. The van der Waals surface area contributed by atoms with Crippen molar-refractivity contribution in [1.82, 2.24) is 30.5 Å². The lowest BCUT2D eigenvalue weighted by molar-refractivity contribution is -0.192. The molecule has 1 aromatic carbocycles. The van der Waals surface area contributed by atoms with E-state index in [0.717, 1.165) is 56.3 Å². The van der Waals surface area contributed by atoms with Crippen molar-refractivity contribution in [2.24, 2.45) is 0 Å². The van der Waals surface area contributed by atoms with Gasteiger partial charge >= 0.3 is 12.1 Å². The van der Waals surface area contributed by atoms with Gasteiger partial charge in [0.05, 0.1) is 35.3 Å². The maximum Gasteiger partial charge on any atom is 0.490 e. The van der Waals surface area contributed by atoms with E-state index >= 15 is 0 Å². The number of aromatic nitrogens is 3. The number of carbonyl (C=O) groups excluding carboxylic acids is 1. The molecule has 3 aliphatic heterocycles. The minimum Gasteiger partial charge on any atom is -0.475 e. The van der Waals surface area contributed by atoms with Gasteiger partial charge in [-0.2, -0.15) is 13.2 Å². The van der Waals surface area contributed by atoms with E-state index in [2.05, 4.69) is 20.9 Å². The zero-order valence-electron chi connectivity index (χ0n) is 23.4. The Labute approximate surface area is 246 Å². The van der Waals surface area contributed by atoms with Gasteiger partial charge in [-0.05, 0) is 64.6 Å². The first kappa shape index (κ1) is 31.7. The second kappa shape index (κ2) is 13.0. The molecular formula is C27H35ClF3N7O4. The van der Waals surface area contributed by atoms with Gasteiger partial charge in [0.15, 0.2) is 5.96 Å². The molecule has 3 aliphatic rings. The Morgan fingerprint density at radius 1 is 1.24 bits per heavy atom. The molecule has 0 aliphatic carbocycles. The van der Waals surface area contributed by atoms with E-state index in [9.17, 15) is 18.0 Å². The Hall–Kier alpha value is -3.23. The fourth-order valence-corrected chi connectivity index (χ4v) is 6.07. The summed E-state index contributed by atoms with van der Waals surface area (Å²) in [7, 11) is 0. The van der Waals surface area contributed by atoms with Crippen LogP contribution in [0.2, 0.25) is 5.02 Å². The van der Waals surface area contributed by atoms with Crippen molar-refractivity contribution in [3.05, 3.63) is 35.0 Å². The fraction of sp³-hybridized carbons (Fsp3) is 0.593. The Morgan fingerprint density at radius 3 is 2.64 bits per heavy atom. The predicted molar refractivity (Wildman–Crippen MR) is 148 cm³/mol. The first-order valence-corrected chi connectivity index (χ1v) is 14.2. The highest BCUT2D eigenvalue weighted by Gasteiger charge is 2.44. The first-order chi connectivity index (χ1) is 19.8. The summed E-state index contributed by atoms with van der Waals surface area (Å²) in [4.78, 5) is 23.8. The van der Waals surface area contributed by atoms with Crippen LogP contribution in [0.5, 0.6) is 0 Å². The standard InChI is InChI=1S/C25H34ClN7O2.C2HF3O2/c1-16-13-18(9-12-35-16)33-22(34)14-25(2,29-24(33)27)20-7-3-6-19(23(20)26)21-15-32(31-30-21)17-5-4-10-28-11-8-17;3-2(4,5)1(6)7/h3,6-7,15-18,28H,4-5,8-14H2,1-2H3,(H2,27,29);(H,6,7)/t16-,17?,18-,25-;/m0./s1. The average Bonchev–Trinajstić information content (AvgIpc) is 3.23. The number of hydrogen-bond acceptors (Lipinski definition) is 7. The van der Waals surface area contributed by atoms with Gasteiger partial charge in [-0.25, -0.2) is 9.48 Å². The van der Waals surface area contributed by atoms with Crippen molar-refractivity contribution >= 4 is 29.4 Å². The van der Waals surface area contributed by atoms with E-state index in [0.29, 0.717) is 23.4 Å². The molecule has 11 nitrogen and oxygen atoms in total. The summed E-state index contributed by atoms with van der Waals surface area (Å²) in [6, 6.07) is 6.09. The number of ether oxygens (including phenoxy) is 1. The van der Waals surface area contributed by atoms with Crippen molar-refractivity contribution in [2.75, 3.05) is 19.7 Å². The van der Waals surface area contributed by atoms with Gasteiger partial charge < -0.3 is 20.5 Å². The first-order valence-electron chi connectivity index (χ1n) is 13.8. The molecule has 4 atom stereocenters. The molecule has 3 saturated heterocycles. The van der Waals surface area contributed by atoms with E-state index < -0.39 is 17.7 Å². The fourth-order valence-electron chi connectivity index (χ4n) is 5.64. The second-order valence-corrected chi connectivity index (χ2v) is 11.4. The number of amides is 1. The van der Waals surface area contributed by atoms with Crippen molar-refractivity contribution < 1.29 is 32.6 Å². The van der Waals surface area contributed by atoms with Gasteiger partial charge in [0.25, 0.3) is 0 Å². The van der Waals surface area contributed by atoms with Crippen LogP contribution in [-0.4, -0.2) is 80.9 Å². The van der Waals surface area contributed by atoms with Crippen molar-refractivity contribution in [1.29, 1.82) is 5.41 Å². The molecule has 5 rings (SSSR count). The van der Waals surface area contributed by atoms with Crippen LogP contribution in [0, 0.1) is 5.41 Å². The van der Waals surface area contributed by atoms with Crippen molar-refractivity contribution in [2.45, 2.75) is 82.3 Å². The second-order valence-electron chi connectivity index (χ2n) is 11.0. The third-order valence-corrected chi connectivity index (χ3v) is 8.18. The number of carboxylic acid groups (broad SMARTS) is 1. The molecule has 1 unspecified atom stereocenters. The van der Waals surface area contributed by atoms with Crippen molar-refractivity contribution in [3.63, 3.8) is 0 Å². The van der Waals surface area contributed by atoms with Gasteiger partial charge in [0, 0.05) is 18.2 Å². The summed E-state index contributed by atoms with van der Waals surface area (Å²) in [6.45, 7) is 6.56. The van der Waals surface area contributed by atoms with Crippen LogP contribution in [0.4, 0.5) is 13.2 Å². The van der Waals surface area contributed by atoms with Gasteiger partial charge in [-0.15, -0.1) is 5.10 Å². The molecule has 1 aromatic heterocycles. The van der Waals surface area contributed by atoms with Crippen LogP contribution in [0.15, 0.2) is 24.4 Å². The number of halogens is 4. The molecule has 0 bridgehead atoms. The summed E-state index contributed by atoms with van der Waals surface area (Å²) in [6.07, 6.45) is 1.85. The number of alkyl halides is 3. The molecule has 0 saturated carbocycles. The normalized spacial score (nSPS) is 27.0. The third kappa shape index (κ3) is 7.21. The van der Waals surface area contributed by atoms with Crippen LogP contribution in [0.1, 0.15) is 64.0 Å². The largest absolute Gasteiger partial charge is 0.490 e. The molecule has 4 N–H and O–H groups in total. The maximum atomic E-state index is 13.3. The third-order valence-electron chi connectivity index (χ3n) is 7.77. The van der Waals surface area contributed by atoms with E-state index in [4.69, 9.17) is 31.6 Å². The zero-order valence-corrected chi connectivity index (χ0v) is 24.1. The van der Waals surface area contributed by atoms with Crippen LogP contribution in [0.25, 0.3) is 11.3 Å². The quantitative estimate of drug-likeness (QED) is 0.404. The highest BCUT2D eigenvalue weighted by atomic mass is 35.5. The van der Waals surface area contributed by atoms with Gasteiger partial charge in [-0.1, -0.05) is 35.0 Å². The molecule has 230 valence electrons. The van der Waals surface area contributed by atoms with Gasteiger partial charge in [0.2, 0.25) is 5.91 Å². The SMILES string of the molecule is C[C@H]1C[C@@H](N2C(=N)N[C@](C)(c3cccc(-c4cn(C5CCCNCC5)nn4)c3Cl)CC2=O)CCO1.O=C(O)C(F)(F)F. The Morgan fingerprint density at radius 2 is 1.98 bits per heavy atom. The number of carbonyl (C=O) groups is 2. The highest BCUT2D eigenvalue weighted by molar-refractivity contribution is 6.34. The number of hydrogen-bond donors (Lipinski definition) is 4. The molecule has 0 spiro atoms. The lowest BCUT2D eigenvalue weighted by atomic mass is 9.84. The lowest BCUT2D eigenvalue weighted by Gasteiger charge is -2.45. The summed E-state index contributed by atoms with van der Waals surface area (Å²) < 4.78 is 39.3. The predicted octanol–water partition coefficient (Wildman–Crippen LogP) is 4.09. The molecular weight excluding hydrogens is 579 g/mol. The number of rotatable bonds is 4. The topological polar surface area (TPSA) is 145 Å². The number of nitrogens with one attached hydrogen (secondary N) is 3. The Balaban J connectivity index is 0.000000517. The molecule has 4 heterocycles. The number of guanidine groups is 1. The number of nitrogens with zero attached hydrogens (tertiary/aromatic N) is 4. The molecule has 15 heteroatoms. The van der Waals surface area contributed by atoms with Gasteiger partial charge in [0.1, 0.15) is 5.69 Å². The van der Waals surface area contributed by atoms with Crippen molar-refractivity contribution in [3.8, 4) is 11.3 Å². The summed E-state index contributed by atoms with van der Waals surface area (Å²) in [5, 5.41) is 31.9.